The Bertz CT molecular complexity index is 979. The number of hydrogen-bond donors (Lipinski definition) is 0. The van der Waals surface area contributed by atoms with Crippen molar-refractivity contribution in [3.05, 3.63) is 64.3 Å². The number of benzene rings is 2. The molecule has 5 nitrogen and oxygen atoms in total. The summed E-state index contributed by atoms with van der Waals surface area (Å²) in [6.45, 7) is 6.38. The SMILES string of the molecule is CC(C)C(C)n1cc(-c2ccc(C#N)cc2)c2ccc([N+](=O)[O-])cc21. The minimum atomic E-state index is -0.363. The highest BCUT2D eigenvalue weighted by atomic mass is 16.6. The highest BCUT2D eigenvalue weighted by molar-refractivity contribution is 5.97. The molecule has 0 aliphatic rings. The maximum Gasteiger partial charge on any atom is 0.271 e. The van der Waals surface area contributed by atoms with Gasteiger partial charge >= 0.3 is 0 Å². The molecule has 0 bridgehead atoms. The lowest BCUT2D eigenvalue weighted by atomic mass is 10.0. The molecule has 1 aromatic heterocycles. The molecule has 1 atom stereocenters. The van der Waals surface area contributed by atoms with Crippen LogP contribution in [-0.4, -0.2) is 9.49 Å². The van der Waals surface area contributed by atoms with Crippen molar-refractivity contribution in [2.75, 3.05) is 0 Å². The van der Waals surface area contributed by atoms with Crippen molar-refractivity contribution in [3.8, 4) is 17.2 Å². The molecule has 126 valence electrons. The summed E-state index contributed by atoms with van der Waals surface area (Å²) in [7, 11) is 0. The van der Waals surface area contributed by atoms with E-state index in [1.807, 2.05) is 18.2 Å². The Hall–Kier alpha value is -3.13. The van der Waals surface area contributed by atoms with Gasteiger partial charge in [0.2, 0.25) is 0 Å². The van der Waals surface area contributed by atoms with Crippen LogP contribution in [0.4, 0.5) is 5.69 Å². The average molecular weight is 333 g/mol. The van der Waals surface area contributed by atoms with E-state index in [1.165, 1.54) is 0 Å². The first-order valence-corrected chi connectivity index (χ1v) is 8.22. The average Bonchev–Trinajstić information content (AvgIpc) is 2.99. The lowest BCUT2D eigenvalue weighted by molar-refractivity contribution is -0.384. The van der Waals surface area contributed by atoms with Gasteiger partial charge in [-0.1, -0.05) is 26.0 Å². The number of fused-ring (bicyclic) bond motifs is 1. The van der Waals surface area contributed by atoms with Crippen LogP contribution in [0.5, 0.6) is 0 Å². The molecule has 3 rings (SSSR count). The Balaban J connectivity index is 2.25. The Labute approximate surface area is 146 Å². The molecule has 0 spiro atoms. The Kier molecular flexibility index (Phi) is 4.28. The van der Waals surface area contributed by atoms with Gasteiger partial charge in [-0.15, -0.1) is 0 Å². The standard InChI is InChI=1S/C20H19N3O2/c1-13(2)14(3)22-12-19(16-6-4-15(11-21)5-7-16)18-9-8-17(23(24)25)10-20(18)22/h4-10,12-14H,1-3H3. The summed E-state index contributed by atoms with van der Waals surface area (Å²) in [6.07, 6.45) is 2.06. The van der Waals surface area contributed by atoms with E-state index in [9.17, 15) is 10.1 Å². The molecule has 0 aliphatic carbocycles. The second-order valence-electron chi connectivity index (χ2n) is 6.58. The van der Waals surface area contributed by atoms with Crippen LogP contribution in [0.3, 0.4) is 0 Å². The van der Waals surface area contributed by atoms with Gasteiger partial charge < -0.3 is 4.57 Å². The molecule has 3 aromatic rings. The third-order valence-electron chi connectivity index (χ3n) is 4.76. The van der Waals surface area contributed by atoms with Gasteiger partial charge in [-0.3, -0.25) is 10.1 Å². The molecule has 0 N–H and O–H groups in total. The van der Waals surface area contributed by atoms with E-state index >= 15 is 0 Å². The van der Waals surface area contributed by atoms with E-state index < -0.39 is 0 Å². The summed E-state index contributed by atoms with van der Waals surface area (Å²) in [6, 6.07) is 14.7. The Morgan fingerprint density at radius 2 is 1.80 bits per heavy atom. The van der Waals surface area contributed by atoms with Crippen molar-refractivity contribution < 1.29 is 4.92 Å². The van der Waals surface area contributed by atoms with Crippen LogP contribution < -0.4 is 0 Å². The van der Waals surface area contributed by atoms with Crippen LogP contribution in [-0.2, 0) is 0 Å². The number of hydrogen-bond acceptors (Lipinski definition) is 3. The fourth-order valence-electron chi connectivity index (χ4n) is 2.97. The van der Waals surface area contributed by atoms with Gasteiger partial charge in [0.1, 0.15) is 0 Å². The first-order valence-electron chi connectivity index (χ1n) is 8.22. The molecule has 25 heavy (non-hydrogen) atoms. The topological polar surface area (TPSA) is 71.9 Å². The minimum absolute atomic E-state index is 0.0918. The van der Waals surface area contributed by atoms with Crippen molar-refractivity contribution in [2.24, 2.45) is 5.92 Å². The van der Waals surface area contributed by atoms with Crippen LogP contribution in [0.25, 0.3) is 22.0 Å². The number of nitriles is 1. The lowest BCUT2D eigenvalue weighted by Crippen LogP contribution is -2.10. The monoisotopic (exact) mass is 333 g/mol. The van der Waals surface area contributed by atoms with E-state index in [1.54, 1.807) is 24.3 Å². The van der Waals surface area contributed by atoms with Crippen molar-refractivity contribution in [1.82, 2.24) is 4.57 Å². The summed E-state index contributed by atoms with van der Waals surface area (Å²) in [4.78, 5) is 10.8. The predicted octanol–water partition coefficient (Wildman–Crippen LogP) is 5.31. The molecule has 1 heterocycles. The van der Waals surface area contributed by atoms with Crippen LogP contribution >= 0.6 is 0 Å². The number of nitrogens with zero attached hydrogens (tertiary/aromatic N) is 3. The van der Waals surface area contributed by atoms with Crippen molar-refractivity contribution in [3.63, 3.8) is 0 Å². The summed E-state index contributed by atoms with van der Waals surface area (Å²) >= 11 is 0. The van der Waals surface area contributed by atoms with Gasteiger partial charge in [0.15, 0.2) is 0 Å². The predicted molar refractivity (Wildman–Crippen MR) is 98.3 cm³/mol. The molecule has 0 amide bonds. The summed E-state index contributed by atoms with van der Waals surface area (Å²) < 4.78 is 2.11. The molecule has 0 fully saturated rings. The molecule has 5 heteroatoms. The van der Waals surface area contributed by atoms with E-state index in [0.717, 1.165) is 22.0 Å². The number of aromatic nitrogens is 1. The Morgan fingerprint density at radius 1 is 1.12 bits per heavy atom. The van der Waals surface area contributed by atoms with E-state index in [-0.39, 0.29) is 16.7 Å². The zero-order valence-corrected chi connectivity index (χ0v) is 14.4. The maximum atomic E-state index is 11.2. The molecule has 2 aromatic carbocycles. The van der Waals surface area contributed by atoms with Gasteiger partial charge in [-0.25, -0.2) is 0 Å². The molecule has 0 saturated heterocycles. The van der Waals surface area contributed by atoms with Crippen molar-refractivity contribution in [2.45, 2.75) is 26.8 Å². The maximum absolute atomic E-state index is 11.2. The van der Waals surface area contributed by atoms with Gasteiger partial charge in [0, 0.05) is 35.3 Å². The van der Waals surface area contributed by atoms with Crippen LogP contribution in [0, 0.1) is 27.4 Å². The molecule has 0 saturated carbocycles. The number of nitro groups is 1. The fourth-order valence-corrected chi connectivity index (χ4v) is 2.97. The van der Waals surface area contributed by atoms with Crippen LogP contribution in [0.1, 0.15) is 32.4 Å². The molecular weight excluding hydrogens is 314 g/mol. The second kappa shape index (κ2) is 6.40. The summed E-state index contributed by atoms with van der Waals surface area (Å²) in [5.74, 6) is 0.392. The highest BCUT2D eigenvalue weighted by Gasteiger charge is 2.19. The molecule has 0 aliphatic heterocycles. The van der Waals surface area contributed by atoms with Gasteiger partial charge in [0.25, 0.3) is 5.69 Å². The van der Waals surface area contributed by atoms with E-state index in [0.29, 0.717) is 11.5 Å². The molecule has 0 radical (unpaired) electrons. The van der Waals surface area contributed by atoms with Crippen molar-refractivity contribution in [1.29, 1.82) is 5.26 Å². The zero-order valence-electron chi connectivity index (χ0n) is 14.4. The quantitative estimate of drug-likeness (QED) is 0.480. The molecule has 1 unspecified atom stereocenters. The number of nitro benzene ring substituents is 1. The van der Waals surface area contributed by atoms with Gasteiger partial charge in [-0.2, -0.15) is 5.26 Å². The molecular formula is C20H19N3O2. The van der Waals surface area contributed by atoms with Gasteiger partial charge in [-0.05, 0) is 36.6 Å². The first-order chi connectivity index (χ1) is 11.9. The fraction of sp³-hybridized carbons (Fsp3) is 0.250. The minimum Gasteiger partial charge on any atom is -0.344 e. The number of rotatable bonds is 4. The van der Waals surface area contributed by atoms with Gasteiger partial charge in [0.05, 0.1) is 22.1 Å². The summed E-state index contributed by atoms with van der Waals surface area (Å²) in [5.41, 5.74) is 3.57. The third-order valence-corrected chi connectivity index (χ3v) is 4.76. The highest BCUT2D eigenvalue weighted by Crippen LogP contribution is 2.36. The van der Waals surface area contributed by atoms with E-state index in [2.05, 4.69) is 37.6 Å². The van der Waals surface area contributed by atoms with Crippen LogP contribution in [0.2, 0.25) is 0 Å². The smallest absolute Gasteiger partial charge is 0.271 e. The largest absolute Gasteiger partial charge is 0.344 e. The van der Waals surface area contributed by atoms with E-state index in [4.69, 9.17) is 5.26 Å². The lowest BCUT2D eigenvalue weighted by Gasteiger charge is -2.19. The van der Waals surface area contributed by atoms with Crippen molar-refractivity contribution >= 4 is 16.6 Å². The first kappa shape index (κ1) is 16.7. The zero-order chi connectivity index (χ0) is 18.1. The summed E-state index contributed by atoms with van der Waals surface area (Å²) in [5, 5.41) is 21.1. The van der Waals surface area contributed by atoms with Crippen LogP contribution in [0.15, 0.2) is 48.7 Å². The Morgan fingerprint density at radius 3 is 2.36 bits per heavy atom. The normalized spacial score (nSPS) is 12.3. The third kappa shape index (κ3) is 2.99. The number of non-ortho nitro benzene ring substituents is 1. The second-order valence-corrected chi connectivity index (χ2v) is 6.58.